The van der Waals surface area contributed by atoms with E-state index in [1.54, 1.807) is 20.8 Å². The van der Waals surface area contributed by atoms with Crippen molar-refractivity contribution in [3.63, 3.8) is 0 Å². The first kappa shape index (κ1) is 31.4. The number of ether oxygens (including phenoxy) is 1. The molecule has 14 heteroatoms. The van der Waals surface area contributed by atoms with Crippen LogP contribution in [0.3, 0.4) is 0 Å². The zero-order valence-corrected chi connectivity index (χ0v) is 23.4. The number of aromatic nitrogens is 2. The molecule has 0 bridgehead atoms. The Kier molecular flexibility index (Phi) is 8.66. The third kappa shape index (κ3) is 7.43. The molecule has 2 aliphatic rings. The van der Waals surface area contributed by atoms with Crippen molar-refractivity contribution in [3.05, 3.63) is 51.4 Å². The number of carbonyl (C=O) groups excluding carboxylic acids is 2. The lowest BCUT2D eigenvalue weighted by atomic mass is 9.90. The van der Waals surface area contributed by atoms with Crippen LogP contribution in [0.4, 0.5) is 31.1 Å². The molecular weight excluding hydrogens is 570 g/mol. The Morgan fingerprint density at radius 3 is 2.33 bits per heavy atom. The van der Waals surface area contributed by atoms with Gasteiger partial charge in [0.05, 0.1) is 23.4 Å². The molecule has 1 aromatic carbocycles. The lowest BCUT2D eigenvalue weighted by molar-refractivity contribution is -0.139. The van der Waals surface area contributed by atoms with Crippen molar-refractivity contribution in [2.75, 3.05) is 13.1 Å². The van der Waals surface area contributed by atoms with Crippen LogP contribution >= 0.6 is 0 Å². The number of alkyl halides is 6. The molecule has 230 valence electrons. The van der Waals surface area contributed by atoms with E-state index in [-0.39, 0.29) is 48.6 Å². The zero-order chi connectivity index (χ0) is 31.0. The summed E-state index contributed by atoms with van der Waals surface area (Å²) in [7, 11) is 0. The average Bonchev–Trinajstić information content (AvgIpc) is 3.36. The summed E-state index contributed by atoms with van der Waals surface area (Å²) < 4.78 is 83.3. The Morgan fingerprint density at radius 2 is 1.74 bits per heavy atom. The molecule has 2 amide bonds. The summed E-state index contributed by atoms with van der Waals surface area (Å²) in [4.78, 5) is 49.3. The number of likely N-dealkylation sites (tertiary alicyclic amines) is 1. The fourth-order valence-corrected chi connectivity index (χ4v) is 5.29. The number of fused-ring (bicyclic) bond motifs is 1. The first-order chi connectivity index (χ1) is 19.4. The molecule has 2 atom stereocenters. The molecule has 2 unspecified atom stereocenters. The number of rotatable bonds is 5. The maximum absolute atomic E-state index is 13.7. The molecule has 1 aromatic heterocycles. The van der Waals surface area contributed by atoms with E-state index in [9.17, 15) is 40.7 Å². The van der Waals surface area contributed by atoms with Crippen molar-refractivity contribution >= 4 is 12.0 Å². The average molecular weight is 603 g/mol. The van der Waals surface area contributed by atoms with Crippen LogP contribution in [0.2, 0.25) is 0 Å². The van der Waals surface area contributed by atoms with Gasteiger partial charge >= 0.3 is 18.4 Å². The van der Waals surface area contributed by atoms with Gasteiger partial charge in [0.25, 0.3) is 5.56 Å². The molecule has 1 N–H and O–H groups in total. The van der Waals surface area contributed by atoms with E-state index >= 15 is 0 Å². The quantitative estimate of drug-likeness (QED) is 0.423. The van der Waals surface area contributed by atoms with Gasteiger partial charge in [-0.15, -0.1) is 0 Å². The molecule has 4 rings (SSSR count). The summed E-state index contributed by atoms with van der Waals surface area (Å²) >= 11 is 0. The van der Waals surface area contributed by atoms with Gasteiger partial charge in [-0.05, 0) is 58.6 Å². The number of hydrogen-bond acceptors (Lipinski definition) is 5. The minimum atomic E-state index is -4.56. The van der Waals surface area contributed by atoms with Gasteiger partial charge in [0.15, 0.2) is 0 Å². The number of nitrogens with one attached hydrogen (secondary N) is 1. The third-order valence-electron chi connectivity index (χ3n) is 7.20. The van der Waals surface area contributed by atoms with Crippen molar-refractivity contribution in [1.29, 1.82) is 0 Å². The largest absolute Gasteiger partial charge is 0.444 e. The molecule has 2 aliphatic heterocycles. The fourth-order valence-electron chi connectivity index (χ4n) is 5.29. The Balaban J connectivity index is 1.64. The summed E-state index contributed by atoms with van der Waals surface area (Å²) in [5.41, 5.74) is -1.85. The second-order valence-electron chi connectivity index (χ2n) is 11.6. The number of halogens is 6. The Hall–Kier alpha value is -3.58. The minimum absolute atomic E-state index is 0.0278. The second kappa shape index (κ2) is 11.6. The van der Waals surface area contributed by atoms with Crippen LogP contribution in [0.1, 0.15) is 75.6 Å². The van der Waals surface area contributed by atoms with Crippen LogP contribution in [-0.4, -0.2) is 62.7 Å². The number of carbonyl (C=O) groups is 2. The Morgan fingerprint density at radius 1 is 1.07 bits per heavy atom. The Labute approximate surface area is 238 Å². The van der Waals surface area contributed by atoms with Gasteiger partial charge in [-0.3, -0.25) is 14.5 Å². The summed E-state index contributed by atoms with van der Waals surface area (Å²) in [5.74, 6) is -1.22. The minimum Gasteiger partial charge on any atom is -0.444 e. The van der Waals surface area contributed by atoms with E-state index in [0.717, 1.165) is 24.3 Å². The number of hydrogen-bond donors (Lipinski definition) is 1. The molecule has 1 fully saturated rings. The number of aromatic amines is 1. The van der Waals surface area contributed by atoms with Gasteiger partial charge in [-0.2, -0.15) is 26.3 Å². The summed E-state index contributed by atoms with van der Waals surface area (Å²) in [5, 5.41) is 0. The van der Waals surface area contributed by atoms with Crippen LogP contribution in [-0.2, 0) is 22.3 Å². The molecule has 0 saturated carbocycles. The van der Waals surface area contributed by atoms with E-state index in [4.69, 9.17) is 4.74 Å². The van der Waals surface area contributed by atoms with E-state index in [1.807, 2.05) is 0 Å². The normalized spacial score (nSPS) is 19.5. The van der Waals surface area contributed by atoms with Crippen LogP contribution in [0.5, 0.6) is 0 Å². The lowest BCUT2D eigenvalue weighted by Gasteiger charge is -2.37. The molecule has 2 aromatic rings. The van der Waals surface area contributed by atoms with Gasteiger partial charge in [-0.1, -0.05) is 12.1 Å². The van der Waals surface area contributed by atoms with Crippen LogP contribution < -0.4 is 5.56 Å². The van der Waals surface area contributed by atoms with Crippen LogP contribution in [0, 0.1) is 0 Å². The summed E-state index contributed by atoms with van der Waals surface area (Å²) in [6, 6.07) is 3.13. The maximum atomic E-state index is 13.7. The van der Waals surface area contributed by atoms with Gasteiger partial charge < -0.3 is 14.6 Å². The Bertz CT molecular complexity index is 1360. The summed E-state index contributed by atoms with van der Waals surface area (Å²) in [6.07, 6.45) is -10.1. The van der Waals surface area contributed by atoms with E-state index < -0.39 is 59.5 Å². The van der Waals surface area contributed by atoms with Gasteiger partial charge in [-0.25, -0.2) is 9.78 Å². The number of amides is 2. The number of H-pyrrole nitrogens is 1. The second-order valence-corrected chi connectivity index (χ2v) is 11.6. The first-order valence-corrected chi connectivity index (χ1v) is 13.6. The highest BCUT2D eigenvalue weighted by atomic mass is 19.4. The number of benzene rings is 1. The molecule has 8 nitrogen and oxygen atoms in total. The predicted molar refractivity (Wildman–Crippen MR) is 139 cm³/mol. The molecule has 42 heavy (non-hydrogen) atoms. The lowest BCUT2D eigenvalue weighted by Crippen LogP contribution is -2.51. The van der Waals surface area contributed by atoms with Crippen LogP contribution in [0.15, 0.2) is 29.1 Å². The van der Waals surface area contributed by atoms with Crippen molar-refractivity contribution in [2.24, 2.45) is 0 Å². The molecule has 0 radical (unpaired) electrons. The van der Waals surface area contributed by atoms with E-state index in [2.05, 4.69) is 9.97 Å². The van der Waals surface area contributed by atoms with Crippen LogP contribution in [0.25, 0.3) is 11.4 Å². The van der Waals surface area contributed by atoms with Crippen molar-refractivity contribution < 1.29 is 40.7 Å². The monoisotopic (exact) mass is 602 g/mol. The smallest absolute Gasteiger partial charge is 0.416 e. The highest BCUT2D eigenvalue weighted by molar-refractivity contribution is 5.86. The van der Waals surface area contributed by atoms with Crippen molar-refractivity contribution in [3.8, 4) is 11.4 Å². The van der Waals surface area contributed by atoms with Gasteiger partial charge in [0, 0.05) is 31.0 Å². The molecule has 3 heterocycles. The topological polar surface area (TPSA) is 95.6 Å². The zero-order valence-electron chi connectivity index (χ0n) is 23.4. The first-order valence-electron chi connectivity index (χ1n) is 13.6. The standard InChI is InChI=1S/C28H32F6N4O4/c1-26(2,3)42-25(41)38-13-5-7-20(38)24(40)37-14-17(6-4-12-27(29,30)31)21-19(15-37)23(39)36-22(35-21)16-8-10-18(11-9-16)28(32,33)34/h8-11,17,20H,4-7,12-15H2,1-3H3,(H,35,36,39). The van der Waals surface area contributed by atoms with Gasteiger partial charge in [0.2, 0.25) is 5.91 Å². The van der Waals surface area contributed by atoms with Crippen molar-refractivity contribution in [1.82, 2.24) is 19.8 Å². The van der Waals surface area contributed by atoms with E-state index in [0.29, 0.717) is 19.4 Å². The third-order valence-corrected chi connectivity index (χ3v) is 7.20. The highest BCUT2D eigenvalue weighted by Gasteiger charge is 2.41. The fraction of sp³-hybridized carbons (Fsp3) is 0.571. The number of nitrogens with zero attached hydrogens (tertiary/aromatic N) is 3. The molecule has 1 saturated heterocycles. The molecular formula is C28H32F6N4O4. The molecule has 0 aliphatic carbocycles. The van der Waals surface area contributed by atoms with E-state index in [1.165, 1.54) is 9.80 Å². The highest BCUT2D eigenvalue weighted by Crippen LogP contribution is 2.35. The van der Waals surface area contributed by atoms with Crippen molar-refractivity contribution in [2.45, 2.75) is 89.3 Å². The summed E-state index contributed by atoms with van der Waals surface area (Å²) in [6.45, 7) is 5.17. The maximum Gasteiger partial charge on any atom is 0.416 e. The SMILES string of the molecule is CC(C)(C)OC(=O)N1CCCC1C(=O)N1Cc2c(nc(-c3ccc(C(F)(F)F)cc3)[nH]c2=O)C(CCCC(F)(F)F)C1. The molecule has 0 spiro atoms. The predicted octanol–water partition coefficient (Wildman–Crippen LogP) is 6.01. The van der Waals surface area contributed by atoms with Gasteiger partial charge in [0.1, 0.15) is 17.5 Å².